The fraction of sp³-hybridized carbons (Fsp3) is 0.938. The van der Waals surface area contributed by atoms with Crippen LogP contribution < -0.4 is 5.32 Å². The van der Waals surface area contributed by atoms with Crippen LogP contribution in [0, 0.1) is 0 Å². The van der Waals surface area contributed by atoms with E-state index in [1.807, 2.05) is 0 Å². The van der Waals surface area contributed by atoms with Gasteiger partial charge < -0.3 is 29.0 Å². The van der Waals surface area contributed by atoms with E-state index in [0.717, 1.165) is 32.1 Å². The van der Waals surface area contributed by atoms with Gasteiger partial charge in [-0.2, -0.15) is 0 Å². The minimum Gasteiger partial charge on any atom is -0.441 e. The summed E-state index contributed by atoms with van der Waals surface area (Å²) in [5, 5.41) is 6.40. The van der Waals surface area contributed by atoms with Gasteiger partial charge in [0.1, 0.15) is 18.3 Å². The van der Waals surface area contributed by atoms with Gasteiger partial charge in [0.15, 0.2) is 12.4 Å². The minimum absolute atomic E-state index is 0.0496. The molecule has 0 aromatic rings. The molecule has 3 aliphatic rings. The number of ether oxygens (including phenoxy) is 5. The van der Waals surface area contributed by atoms with Gasteiger partial charge in [-0.25, -0.2) is 4.79 Å². The number of methoxy groups -OCH3 is 1. The highest BCUT2D eigenvalue weighted by atomic mass is 35.6. The van der Waals surface area contributed by atoms with E-state index in [1.165, 1.54) is 7.11 Å². The highest BCUT2D eigenvalue weighted by Gasteiger charge is 2.58. The molecule has 6 atom stereocenters. The molecule has 0 spiro atoms. The van der Waals surface area contributed by atoms with Crippen LogP contribution in [0.15, 0.2) is 5.11 Å². The third-order valence-corrected chi connectivity index (χ3v) is 5.68. The molecule has 1 saturated carbocycles. The summed E-state index contributed by atoms with van der Waals surface area (Å²) in [5.74, 6) is 0. The highest BCUT2D eigenvalue weighted by molar-refractivity contribution is 6.67. The summed E-state index contributed by atoms with van der Waals surface area (Å²) in [5.41, 5.74) is 8.68. The molecule has 2 saturated heterocycles. The van der Waals surface area contributed by atoms with Gasteiger partial charge in [-0.3, -0.25) is 0 Å². The number of hydrogen-bond acceptors (Lipinski definition) is 7. The highest BCUT2D eigenvalue weighted by Crippen LogP contribution is 2.43. The number of nitrogens with zero attached hydrogens (tertiary/aromatic N) is 3. The van der Waals surface area contributed by atoms with Crippen LogP contribution in [0.4, 0.5) is 4.79 Å². The summed E-state index contributed by atoms with van der Waals surface area (Å²) in [7, 11) is 1.41. The van der Waals surface area contributed by atoms with Crippen LogP contribution in [-0.4, -0.2) is 66.6 Å². The first-order chi connectivity index (χ1) is 13.8. The van der Waals surface area contributed by atoms with E-state index in [-0.39, 0.29) is 12.6 Å². The molecule has 1 amide bonds. The summed E-state index contributed by atoms with van der Waals surface area (Å²) in [4.78, 5) is 15.3. The lowest BCUT2D eigenvalue weighted by molar-refractivity contribution is -0.262. The first-order valence-corrected chi connectivity index (χ1v) is 10.5. The third kappa shape index (κ3) is 5.71. The topological polar surface area (TPSA) is 124 Å². The summed E-state index contributed by atoms with van der Waals surface area (Å²) < 4.78 is 26.3. The second kappa shape index (κ2) is 10.1. The normalized spacial score (nSPS) is 35.4. The van der Waals surface area contributed by atoms with E-state index >= 15 is 0 Å². The number of halogens is 3. The molecule has 2 heterocycles. The summed E-state index contributed by atoms with van der Waals surface area (Å²) >= 11 is 17.7. The maximum absolute atomic E-state index is 12.5. The Labute approximate surface area is 183 Å². The number of alkyl carbamates (subject to hydrolysis) is 1. The number of azide groups is 1. The van der Waals surface area contributed by atoms with Crippen molar-refractivity contribution in [3.8, 4) is 0 Å². The zero-order chi connectivity index (χ0) is 21.0. The number of hydrogen-bond donors (Lipinski definition) is 1. The molecule has 1 unspecified atom stereocenters. The van der Waals surface area contributed by atoms with E-state index in [2.05, 4.69) is 15.3 Å². The van der Waals surface area contributed by atoms with Crippen LogP contribution in [0.25, 0.3) is 10.4 Å². The van der Waals surface area contributed by atoms with Crippen molar-refractivity contribution in [2.24, 2.45) is 5.11 Å². The molecule has 0 aromatic heterocycles. The van der Waals surface area contributed by atoms with E-state index in [1.54, 1.807) is 0 Å². The zero-order valence-corrected chi connectivity index (χ0v) is 18.0. The van der Waals surface area contributed by atoms with Crippen molar-refractivity contribution < 1.29 is 28.5 Å². The van der Waals surface area contributed by atoms with Gasteiger partial charge in [0.05, 0.1) is 6.54 Å². The molecule has 164 valence electrons. The van der Waals surface area contributed by atoms with Crippen LogP contribution in [0.2, 0.25) is 0 Å². The zero-order valence-electron chi connectivity index (χ0n) is 15.7. The molecule has 3 fully saturated rings. The molecule has 29 heavy (non-hydrogen) atoms. The van der Waals surface area contributed by atoms with Crippen molar-refractivity contribution in [3.05, 3.63) is 10.4 Å². The second-order valence-electron chi connectivity index (χ2n) is 7.12. The van der Waals surface area contributed by atoms with Gasteiger partial charge in [-0.05, 0) is 18.4 Å². The fourth-order valence-corrected chi connectivity index (χ4v) is 4.13. The van der Waals surface area contributed by atoms with Gasteiger partial charge in [0.25, 0.3) is 0 Å². The molecule has 10 nitrogen and oxygen atoms in total. The number of rotatable bonds is 5. The van der Waals surface area contributed by atoms with Crippen molar-refractivity contribution in [1.82, 2.24) is 5.32 Å². The second-order valence-corrected chi connectivity index (χ2v) is 9.49. The molecule has 0 aromatic carbocycles. The molecule has 2 aliphatic heterocycles. The molecule has 3 rings (SSSR count). The molecule has 0 bridgehead atoms. The van der Waals surface area contributed by atoms with E-state index in [4.69, 9.17) is 64.0 Å². The number of carbonyl (C=O) groups excluding carboxylic acids is 1. The average molecular weight is 474 g/mol. The minimum atomic E-state index is -1.87. The van der Waals surface area contributed by atoms with Crippen LogP contribution in [0.3, 0.4) is 0 Å². The summed E-state index contributed by atoms with van der Waals surface area (Å²) in [6, 6.07) is 0.0496. The van der Waals surface area contributed by atoms with Gasteiger partial charge in [-0.1, -0.05) is 59.2 Å². The van der Waals surface area contributed by atoms with Crippen molar-refractivity contribution in [2.75, 3.05) is 13.7 Å². The number of nitrogens with one attached hydrogen (secondary N) is 1. The Balaban J connectivity index is 1.75. The van der Waals surface area contributed by atoms with Crippen molar-refractivity contribution in [1.29, 1.82) is 0 Å². The van der Waals surface area contributed by atoms with Crippen LogP contribution >= 0.6 is 34.8 Å². The third-order valence-electron chi connectivity index (χ3n) is 5.15. The molecule has 1 N–H and O–H groups in total. The Morgan fingerprint density at radius 2 is 1.90 bits per heavy atom. The monoisotopic (exact) mass is 472 g/mol. The summed E-state index contributed by atoms with van der Waals surface area (Å²) in [6.07, 6.45) is -1.11. The Hall–Kier alpha value is -0.710. The number of alkyl halides is 3. The van der Waals surface area contributed by atoms with Gasteiger partial charge >= 0.3 is 6.09 Å². The molecular formula is C16H23Cl3N4O6. The number of amides is 1. The van der Waals surface area contributed by atoms with Gasteiger partial charge in [-0.15, -0.1) is 0 Å². The lowest BCUT2D eigenvalue weighted by atomic mass is 9.96. The Kier molecular flexibility index (Phi) is 7.97. The van der Waals surface area contributed by atoms with Crippen LogP contribution in [0.5, 0.6) is 0 Å². The Bertz CT molecular complexity index is 626. The summed E-state index contributed by atoms with van der Waals surface area (Å²) in [6.45, 7) is -0.108. The first kappa shape index (κ1) is 23.0. The lowest BCUT2D eigenvalue weighted by Gasteiger charge is -2.40. The number of fused-ring (bicyclic) bond motifs is 1. The Morgan fingerprint density at radius 1 is 1.21 bits per heavy atom. The standard InChI is InChI=1S/C16H23Cl3N4O6/c1-25-13-12-11(27-14(28-12)16(17,18)19)10(9(26-13)7-21-23-20)29-15(24)22-8-5-3-2-4-6-8/h8-14H,2-7H2,1H3,(H,22,24)/t9-,10-,11+,12-,13-,14?/m1/s1. The first-order valence-electron chi connectivity index (χ1n) is 9.37. The predicted octanol–water partition coefficient (Wildman–Crippen LogP) is 3.58. The molecular weight excluding hydrogens is 451 g/mol. The van der Waals surface area contributed by atoms with Crippen molar-refractivity contribution >= 4 is 40.9 Å². The maximum atomic E-state index is 12.5. The van der Waals surface area contributed by atoms with Crippen LogP contribution in [-0.2, 0) is 23.7 Å². The predicted molar refractivity (Wildman–Crippen MR) is 104 cm³/mol. The maximum Gasteiger partial charge on any atom is 0.407 e. The van der Waals surface area contributed by atoms with Crippen LogP contribution in [0.1, 0.15) is 32.1 Å². The average Bonchev–Trinajstić information content (AvgIpc) is 3.14. The Morgan fingerprint density at radius 3 is 2.52 bits per heavy atom. The molecule has 13 heteroatoms. The lowest BCUT2D eigenvalue weighted by Crippen LogP contribution is -2.59. The van der Waals surface area contributed by atoms with E-state index in [9.17, 15) is 4.79 Å². The van der Waals surface area contributed by atoms with Crippen molar-refractivity contribution in [3.63, 3.8) is 0 Å². The largest absolute Gasteiger partial charge is 0.441 e. The number of carbonyl (C=O) groups is 1. The molecule has 0 radical (unpaired) electrons. The smallest absolute Gasteiger partial charge is 0.407 e. The van der Waals surface area contributed by atoms with Crippen molar-refractivity contribution in [2.45, 2.75) is 78.9 Å². The SMILES string of the molecule is CO[C@@H]1O[C@H](CN=[N+]=[N-])[C@@H](OC(=O)NC2CCCCC2)[C@@H]2OC(C(Cl)(Cl)Cl)O[C@@H]12. The quantitative estimate of drug-likeness (QED) is 0.282. The van der Waals surface area contributed by atoms with Gasteiger partial charge in [0.2, 0.25) is 10.1 Å². The fourth-order valence-electron chi connectivity index (χ4n) is 3.82. The molecule has 1 aliphatic carbocycles. The van der Waals surface area contributed by atoms with E-state index < -0.39 is 46.9 Å². The van der Waals surface area contributed by atoms with Gasteiger partial charge in [0, 0.05) is 18.1 Å². The van der Waals surface area contributed by atoms with E-state index in [0.29, 0.717) is 0 Å².